The first kappa shape index (κ1) is 28.4. The van der Waals surface area contributed by atoms with Crippen molar-refractivity contribution in [1.82, 2.24) is 10.2 Å². The molecule has 3 fully saturated rings. The van der Waals surface area contributed by atoms with E-state index in [1.54, 1.807) is 29.2 Å². The number of aliphatic hydroxyl groups excluding tert-OH is 1. The number of hydrogen-bond acceptors (Lipinski definition) is 6. The first-order valence-electron chi connectivity index (χ1n) is 14.3. The fourth-order valence-corrected chi connectivity index (χ4v) is 6.60. The second-order valence-corrected chi connectivity index (χ2v) is 10.9. The molecule has 1 aromatic carbocycles. The summed E-state index contributed by atoms with van der Waals surface area (Å²) < 4.78 is 12.0. The summed E-state index contributed by atoms with van der Waals surface area (Å²) >= 11 is 0. The quantitative estimate of drug-likeness (QED) is 0.319. The Balaban J connectivity index is 1.55. The lowest BCUT2D eigenvalue weighted by atomic mass is 9.70. The molecule has 3 aliphatic rings. The van der Waals surface area contributed by atoms with Crippen LogP contribution in [-0.4, -0.2) is 71.3 Å². The van der Waals surface area contributed by atoms with Crippen LogP contribution >= 0.6 is 0 Å². The number of likely N-dealkylation sites (tertiary alicyclic amines) is 1. The molecule has 210 valence electrons. The summed E-state index contributed by atoms with van der Waals surface area (Å²) in [4.78, 5) is 42.8. The van der Waals surface area contributed by atoms with Crippen molar-refractivity contribution in [3.05, 3.63) is 24.3 Å². The molecule has 3 aliphatic heterocycles. The molecule has 9 nitrogen and oxygen atoms in total. The van der Waals surface area contributed by atoms with Crippen LogP contribution in [0.25, 0.3) is 0 Å². The number of nitrogens with one attached hydrogen (secondary N) is 2. The van der Waals surface area contributed by atoms with Gasteiger partial charge in [-0.25, -0.2) is 0 Å². The second-order valence-electron chi connectivity index (χ2n) is 10.9. The van der Waals surface area contributed by atoms with E-state index in [2.05, 4.69) is 17.6 Å². The van der Waals surface area contributed by atoms with Gasteiger partial charge in [0.15, 0.2) is 0 Å². The predicted molar refractivity (Wildman–Crippen MR) is 144 cm³/mol. The SMILES string of the molecule is CCCC(C)NC(=O)C1N(CCCCCCO)C(=O)[C@@H]2[C@@H](C(=O)Nc3ccc(OCC)cc3)[C@H]3CCC12O3. The summed E-state index contributed by atoms with van der Waals surface area (Å²) in [6, 6.07) is 6.41. The fourth-order valence-electron chi connectivity index (χ4n) is 6.60. The lowest BCUT2D eigenvalue weighted by Crippen LogP contribution is -2.56. The number of carbonyl (C=O) groups excluding carboxylic acids is 3. The average Bonchev–Trinajstić information content (AvgIpc) is 3.53. The van der Waals surface area contributed by atoms with Gasteiger partial charge in [-0.3, -0.25) is 14.4 Å². The van der Waals surface area contributed by atoms with Gasteiger partial charge in [0.2, 0.25) is 17.7 Å². The van der Waals surface area contributed by atoms with Crippen molar-refractivity contribution in [2.75, 3.05) is 25.1 Å². The molecule has 4 rings (SSSR count). The number of benzene rings is 1. The number of nitrogens with zero attached hydrogens (tertiary/aromatic N) is 1. The Morgan fingerprint density at radius 3 is 2.58 bits per heavy atom. The van der Waals surface area contributed by atoms with E-state index in [1.165, 1.54) is 0 Å². The Morgan fingerprint density at radius 1 is 1.16 bits per heavy atom. The van der Waals surface area contributed by atoms with Gasteiger partial charge in [-0.2, -0.15) is 0 Å². The second kappa shape index (κ2) is 12.5. The van der Waals surface area contributed by atoms with Crippen LogP contribution < -0.4 is 15.4 Å². The third kappa shape index (κ3) is 5.54. The van der Waals surface area contributed by atoms with Gasteiger partial charge in [0.1, 0.15) is 17.4 Å². The highest BCUT2D eigenvalue weighted by atomic mass is 16.5. The maximum absolute atomic E-state index is 13.9. The molecule has 0 aliphatic carbocycles. The lowest BCUT2D eigenvalue weighted by molar-refractivity contribution is -0.141. The largest absolute Gasteiger partial charge is 0.494 e. The molecule has 9 heteroatoms. The third-order valence-corrected chi connectivity index (χ3v) is 8.20. The van der Waals surface area contributed by atoms with E-state index in [-0.39, 0.29) is 36.5 Å². The molecule has 0 aromatic heterocycles. The summed E-state index contributed by atoms with van der Waals surface area (Å²) in [5.74, 6) is -1.21. The highest BCUT2D eigenvalue weighted by Crippen LogP contribution is 2.58. The van der Waals surface area contributed by atoms with Crippen LogP contribution in [0.1, 0.15) is 72.1 Å². The number of anilines is 1. The van der Waals surface area contributed by atoms with Crippen molar-refractivity contribution in [2.24, 2.45) is 11.8 Å². The molecule has 3 unspecified atom stereocenters. The third-order valence-electron chi connectivity index (χ3n) is 8.20. The topological polar surface area (TPSA) is 117 Å². The first-order chi connectivity index (χ1) is 18.4. The van der Waals surface area contributed by atoms with Crippen molar-refractivity contribution < 1.29 is 29.0 Å². The van der Waals surface area contributed by atoms with Crippen LogP contribution in [0.5, 0.6) is 5.75 Å². The molecule has 3 amide bonds. The van der Waals surface area contributed by atoms with Crippen LogP contribution in [0.15, 0.2) is 24.3 Å². The van der Waals surface area contributed by atoms with E-state index in [0.29, 0.717) is 31.7 Å². The van der Waals surface area contributed by atoms with Crippen molar-refractivity contribution in [3.8, 4) is 5.75 Å². The Labute approximate surface area is 225 Å². The molecule has 3 saturated heterocycles. The van der Waals surface area contributed by atoms with Gasteiger partial charge >= 0.3 is 0 Å². The smallest absolute Gasteiger partial charge is 0.246 e. The lowest BCUT2D eigenvalue weighted by Gasteiger charge is -2.34. The van der Waals surface area contributed by atoms with Crippen LogP contribution in [0.3, 0.4) is 0 Å². The Kier molecular flexibility index (Phi) is 9.31. The summed E-state index contributed by atoms with van der Waals surface area (Å²) in [5, 5.41) is 15.2. The summed E-state index contributed by atoms with van der Waals surface area (Å²) in [6.07, 6.45) is 5.80. The zero-order chi connectivity index (χ0) is 27.3. The number of aliphatic hydroxyl groups is 1. The maximum atomic E-state index is 13.9. The van der Waals surface area contributed by atoms with Gasteiger partial charge in [0, 0.05) is 24.9 Å². The normalized spacial score (nSPS) is 28.3. The Hall–Kier alpha value is -2.65. The number of rotatable bonds is 14. The van der Waals surface area contributed by atoms with Crippen molar-refractivity contribution in [3.63, 3.8) is 0 Å². The van der Waals surface area contributed by atoms with Gasteiger partial charge in [0.25, 0.3) is 0 Å². The summed E-state index contributed by atoms with van der Waals surface area (Å²) in [6.45, 7) is 7.10. The first-order valence-corrected chi connectivity index (χ1v) is 14.3. The van der Waals surface area contributed by atoms with Gasteiger partial charge in [-0.15, -0.1) is 0 Å². The number of unbranched alkanes of at least 4 members (excludes halogenated alkanes) is 3. The highest BCUT2D eigenvalue weighted by molar-refractivity contribution is 6.02. The molecule has 1 spiro atoms. The molecular formula is C29H43N3O6. The van der Waals surface area contributed by atoms with Gasteiger partial charge in [0.05, 0.1) is 24.5 Å². The predicted octanol–water partition coefficient (Wildman–Crippen LogP) is 3.26. The van der Waals surface area contributed by atoms with Crippen LogP contribution in [0, 0.1) is 11.8 Å². The number of ether oxygens (including phenoxy) is 2. The molecular weight excluding hydrogens is 486 g/mol. The molecule has 0 radical (unpaired) electrons. The molecule has 0 saturated carbocycles. The van der Waals surface area contributed by atoms with E-state index in [4.69, 9.17) is 14.6 Å². The van der Waals surface area contributed by atoms with Crippen molar-refractivity contribution in [1.29, 1.82) is 0 Å². The van der Waals surface area contributed by atoms with Crippen LogP contribution in [0.2, 0.25) is 0 Å². The fraction of sp³-hybridized carbons (Fsp3) is 0.690. The van der Waals surface area contributed by atoms with E-state index >= 15 is 0 Å². The maximum Gasteiger partial charge on any atom is 0.246 e. The number of hydrogen-bond donors (Lipinski definition) is 3. The van der Waals surface area contributed by atoms with Gasteiger partial charge in [-0.1, -0.05) is 26.2 Å². The van der Waals surface area contributed by atoms with Gasteiger partial charge in [-0.05, 0) is 70.2 Å². The van der Waals surface area contributed by atoms with E-state index < -0.39 is 23.5 Å². The van der Waals surface area contributed by atoms with E-state index in [1.807, 2.05) is 13.8 Å². The molecule has 3 heterocycles. The molecule has 1 aromatic rings. The number of carbonyl (C=O) groups is 3. The minimum Gasteiger partial charge on any atom is -0.494 e. The molecule has 38 heavy (non-hydrogen) atoms. The summed E-state index contributed by atoms with van der Waals surface area (Å²) in [7, 11) is 0. The molecule has 3 N–H and O–H groups in total. The monoisotopic (exact) mass is 529 g/mol. The van der Waals surface area contributed by atoms with E-state index in [9.17, 15) is 14.4 Å². The Bertz CT molecular complexity index is 985. The van der Waals surface area contributed by atoms with Crippen LogP contribution in [0.4, 0.5) is 5.69 Å². The van der Waals surface area contributed by atoms with Gasteiger partial charge < -0.3 is 30.1 Å². The summed E-state index contributed by atoms with van der Waals surface area (Å²) in [5.41, 5.74) is -0.354. The highest BCUT2D eigenvalue weighted by Gasteiger charge is 2.74. The number of amides is 3. The minimum atomic E-state index is -0.982. The minimum absolute atomic E-state index is 0.0122. The molecule has 2 bridgehead atoms. The number of fused-ring (bicyclic) bond motifs is 1. The van der Waals surface area contributed by atoms with Crippen molar-refractivity contribution in [2.45, 2.75) is 95.9 Å². The Morgan fingerprint density at radius 2 is 1.89 bits per heavy atom. The molecule has 6 atom stereocenters. The standard InChI is InChI=1S/C29H43N3O6/c1-4-10-19(3)30-27(35)25-29-16-15-22(38-29)23(24(29)28(36)32(25)17-8-6-7-9-18-33)26(34)31-20-11-13-21(14-12-20)37-5-2/h11-14,19,22-25,33H,4-10,15-18H2,1-3H3,(H,30,35)(H,31,34)/t19?,22-,23+,24+,25?,29?/m1/s1. The van der Waals surface area contributed by atoms with Crippen LogP contribution in [-0.2, 0) is 19.1 Å². The van der Waals surface area contributed by atoms with Crippen molar-refractivity contribution >= 4 is 23.4 Å². The average molecular weight is 530 g/mol. The zero-order valence-corrected chi connectivity index (χ0v) is 22.9. The van der Waals surface area contributed by atoms with E-state index in [0.717, 1.165) is 44.3 Å². The zero-order valence-electron chi connectivity index (χ0n) is 22.9.